The van der Waals surface area contributed by atoms with Gasteiger partial charge in [0.25, 0.3) is 0 Å². The molecule has 0 fully saturated rings. The minimum Gasteiger partial charge on any atom is -0.262 e. The molecule has 84 valence electrons. The fraction of sp³-hybridized carbons (Fsp3) is 0.286. The summed E-state index contributed by atoms with van der Waals surface area (Å²) in [5.41, 5.74) is 2.22. The van der Waals surface area contributed by atoms with Crippen molar-refractivity contribution in [3.05, 3.63) is 55.0 Å². The lowest BCUT2D eigenvalue weighted by molar-refractivity contribution is 0.838. The summed E-state index contributed by atoms with van der Waals surface area (Å²) in [4.78, 5) is 8.51. The van der Waals surface area contributed by atoms with Crippen LogP contribution >= 0.6 is 0 Å². The molecule has 0 radical (unpaired) electrons. The van der Waals surface area contributed by atoms with Crippen LogP contribution < -0.4 is 0 Å². The SMILES string of the molecule is C=C/N=C(\C=C/C)CCCc1ccccn1. The topological polar surface area (TPSA) is 25.2 Å². The molecule has 1 aromatic heterocycles. The number of rotatable bonds is 6. The number of hydrogen-bond donors (Lipinski definition) is 0. The normalized spacial score (nSPS) is 11.9. The molecule has 0 aliphatic rings. The summed E-state index contributed by atoms with van der Waals surface area (Å²) in [7, 11) is 0. The highest BCUT2D eigenvalue weighted by Gasteiger charge is 1.96. The summed E-state index contributed by atoms with van der Waals surface area (Å²) in [6, 6.07) is 6.01. The molecule has 0 aliphatic carbocycles. The van der Waals surface area contributed by atoms with Gasteiger partial charge in [-0.1, -0.05) is 18.7 Å². The number of pyridine rings is 1. The van der Waals surface area contributed by atoms with Crippen molar-refractivity contribution in [1.82, 2.24) is 4.98 Å². The van der Waals surface area contributed by atoms with Gasteiger partial charge in [-0.25, -0.2) is 0 Å². The zero-order chi connectivity index (χ0) is 11.6. The monoisotopic (exact) mass is 214 g/mol. The summed E-state index contributed by atoms with van der Waals surface area (Å²) in [6.45, 7) is 5.61. The van der Waals surface area contributed by atoms with E-state index >= 15 is 0 Å². The first-order valence-electron chi connectivity index (χ1n) is 5.57. The number of allylic oxidation sites excluding steroid dienone is 2. The average molecular weight is 214 g/mol. The Labute approximate surface area is 97.5 Å². The van der Waals surface area contributed by atoms with Gasteiger partial charge < -0.3 is 0 Å². The van der Waals surface area contributed by atoms with Crippen molar-refractivity contribution in [2.45, 2.75) is 26.2 Å². The number of aliphatic imine (C=N–C) groups is 1. The number of aryl methyl sites for hydroxylation is 1. The maximum absolute atomic E-state index is 4.29. The third-order valence-corrected chi connectivity index (χ3v) is 2.21. The second-order valence-corrected chi connectivity index (χ2v) is 3.48. The molecular weight excluding hydrogens is 196 g/mol. The van der Waals surface area contributed by atoms with Crippen molar-refractivity contribution in [2.24, 2.45) is 4.99 Å². The Morgan fingerprint density at radius 3 is 3.00 bits per heavy atom. The Morgan fingerprint density at radius 2 is 2.38 bits per heavy atom. The average Bonchev–Trinajstić information content (AvgIpc) is 2.31. The molecule has 1 rings (SSSR count). The molecule has 2 heteroatoms. The Bertz CT molecular complexity index is 364. The van der Waals surface area contributed by atoms with Gasteiger partial charge in [0.05, 0.1) is 0 Å². The lowest BCUT2D eigenvalue weighted by Gasteiger charge is -2.00. The van der Waals surface area contributed by atoms with Crippen LogP contribution in [0.3, 0.4) is 0 Å². The van der Waals surface area contributed by atoms with Gasteiger partial charge in [-0.05, 0) is 44.4 Å². The molecule has 1 heterocycles. The Kier molecular flexibility index (Phi) is 5.86. The van der Waals surface area contributed by atoms with Crippen LogP contribution in [0.4, 0.5) is 0 Å². The molecule has 16 heavy (non-hydrogen) atoms. The maximum Gasteiger partial charge on any atom is 0.0403 e. The number of aromatic nitrogens is 1. The van der Waals surface area contributed by atoms with Gasteiger partial charge in [0.1, 0.15) is 0 Å². The van der Waals surface area contributed by atoms with Gasteiger partial charge in [0.2, 0.25) is 0 Å². The minimum absolute atomic E-state index is 0.965. The van der Waals surface area contributed by atoms with E-state index in [0.717, 1.165) is 30.7 Å². The molecule has 0 N–H and O–H groups in total. The number of nitrogens with zero attached hydrogens (tertiary/aromatic N) is 2. The van der Waals surface area contributed by atoms with Crippen LogP contribution in [0.25, 0.3) is 0 Å². The first-order chi connectivity index (χ1) is 7.86. The molecular formula is C14H18N2. The predicted molar refractivity (Wildman–Crippen MR) is 69.6 cm³/mol. The quantitative estimate of drug-likeness (QED) is 0.665. The zero-order valence-electron chi connectivity index (χ0n) is 9.76. The second kappa shape index (κ2) is 7.57. The summed E-state index contributed by atoms with van der Waals surface area (Å²) < 4.78 is 0. The van der Waals surface area contributed by atoms with E-state index in [4.69, 9.17) is 0 Å². The van der Waals surface area contributed by atoms with Crippen LogP contribution in [0.2, 0.25) is 0 Å². The van der Waals surface area contributed by atoms with Crippen molar-refractivity contribution in [2.75, 3.05) is 0 Å². The second-order valence-electron chi connectivity index (χ2n) is 3.48. The van der Waals surface area contributed by atoms with Crippen LogP contribution in [-0.4, -0.2) is 10.7 Å². The largest absolute Gasteiger partial charge is 0.262 e. The van der Waals surface area contributed by atoms with Gasteiger partial charge in [0.15, 0.2) is 0 Å². The maximum atomic E-state index is 4.29. The van der Waals surface area contributed by atoms with Crippen molar-refractivity contribution >= 4 is 5.71 Å². The van der Waals surface area contributed by atoms with E-state index < -0.39 is 0 Å². The van der Waals surface area contributed by atoms with E-state index in [-0.39, 0.29) is 0 Å². The third-order valence-electron chi connectivity index (χ3n) is 2.21. The first kappa shape index (κ1) is 12.4. The van der Waals surface area contributed by atoms with Crippen molar-refractivity contribution in [1.29, 1.82) is 0 Å². The smallest absolute Gasteiger partial charge is 0.0403 e. The van der Waals surface area contributed by atoms with Crippen molar-refractivity contribution < 1.29 is 0 Å². The summed E-state index contributed by atoms with van der Waals surface area (Å²) in [5, 5.41) is 0. The van der Waals surface area contributed by atoms with Gasteiger partial charge in [0, 0.05) is 23.8 Å². The third kappa shape index (κ3) is 4.69. The summed E-state index contributed by atoms with van der Waals surface area (Å²) in [5.74, 6) is 0. The van der Waals surface area contributed by atoms with E-state index in [0.29, 0.717) is 0 Å². The molecule has 1 aromatic rings. The van der Waals surface area contributed by atoms with Crippen molar-refractivity contribution in [3.63, 3.8) is 0 Å². The summed E-state index contributed by atoms with van der Waals surface area (Å²) >= 11 is 0. The molecule has 0 amide bonds. The lowest BCUT2D eigenvalue weighted by Crippen LogP contribution is -1.96. The Morgan fingerprint density at radius 1 is 1.50 bits per heavy atom. The number of hydrogen-bond acceptors (Lipinski definition) is 2. The van der Waals surface area contributed by atoms with Crippen molar-refractivity contribution in [3.8, 4) is 0 Å². The molecule has 0 spiro atoms. The highest BCUT2D eigenvalue weighted by atomic mass is 14.7. The molecule has 0 bridgehead atoms. The molecule has 0 aliphatic heterocycles. The van der Waals surface area contributed by atoms with E-state index in [2.05, 4.69) is 22.6 Å². The van der Waals surface area contributed by atoms with Gasteiger partial charge in [-0.15, -0.1) is 0 Å². The van der Waals surface area contributed by atoms with E-state index in [9.17, 15) is 0 Å². The molecule has 0 saturated carbocycles. The fourth-order valence-electron chi connectivity index (χ4n) is 1.50. The highest BCUT2D eigenvalue weighted by molar-refractivity contribution is 5.95. The zero-order valence-corrected chi connectivity index (χ0v) is 9.76. The molecule has 2 nitrogen and oxygen atoms in total. The highest BCUT2D eigenvalue weighted by Crippen LogP contribution is 2.03. The van der Waals surface area contributed by atoms with Crippen LogP contribution in [0.15, 0.2) is 54.3 Å². The van der Waals surface area contributed by atoms with Gasteiger partial charge in [-0.3, -0.25) is 9.98 Å². The van der Waals surface area contributed by atoms with Crippen LogP contribution in [-0.2, 0) is 6.42 Å². The molecule has 0 atom stereocenters. The molecule has 0 saturated heterocycles. The minimum atomic E-state index is 0.965. The van der Waals surface area contributed by atoms with Gasteiger partial charge in [-0.2, -0.15) is 0 Å². The van der Waals surface area contributed by atoms with Crippen LogP contribution in [0.1, 0.15) is 25.5 Å². The van der Waals surface area contributed by atoms with E-state index in [1.807, 2.05) is 37.4 Å². The molecule has 0 aromatic carbocycles. The summed E-state index contributed by atoms with van der Waals surface area (Å²) in [6.07, 6.45) is 10.5. The lowest BCUT2D eigenvalue weighted by atomic mass is 10.1. The fourth-order valence-corrected chi connectivity index (χ4v) is 1.50. The first-order valence-corrected chi connectivity index (χ1v) is 5.57. The van der Waals surface area contributed by atoms with Crippen LogP contribution in [0, 0.1) is 0 Å². The predicted octanol–water partition coefficient (Wildman–Crippen LogP) is 3.56. The van der Waals surface area contributed by atoms with Crippen LogP contribution in [0.5, 0.6) is 0 Å². The Hall–Kier alpha value is -1.70. The Balaban J connectivity index is 2.39. The van der Waals surface area contributed by atoms with E-state index in [1.54, 1.807) is 6.20 Å². The van der Waals surface area contributed by atoms with E-state index in [1.165, 1.54) is 0 Å². The molecule has 0 unspecified atom stereocenters. The standard InChI is InChI=1S/C14H18N2/c1-3-8-13(15-4-2)10-7-11-14-9-5-6-12-16-14/h3-6,8-9,12H,2,7,10-11H2,1H3/b8-3-,15-13+. The van der Waals surface area contributed by atoms with Gasteiger partial charge >= 0.3 is 0 Å².